The van der Waals surface area contributed by atoms with Crippen LogP contribution in [0.2, 0.25) is 0 Å². The Hall–Kier alpha value is -0.530. The van der Waals surface area contributed by atoms with Crippen molar-refractivity contribution in [3.05, 3.63) is 0 Å². The fraction of sp³-hybridized carbons (Fsp3) is 0.909. The molecule has 0 amide bonds. The summed E-state index contributed by atoms with van der Waals surface area (Å²) in [5, 5.41) is 11.7. The molecule has 2 saturated carbocycles. The van der Waals surface area contributed by atoms with Gasteiger partial charge in [0.25, 0.3) is 0 Å². The average molecular weight is 181 g/mol. The van der Waals surface area contributed by atoms with Crippen LogP contribution in [0.4, 0.5) is 0 Å². The van der Waals surface area contributed by atoms with Gasteiger partial charge in [0.2, 0.25) is 0 Å². The number of oxime groups is 1. The van der Waals surface area contributed by atoms with E-state index in [0.717, 1.165) is 0 Å². The Kier molecular flexibility index (Phi) is 2.56. The topological polar surface area (TPSA) is 32.6 Å². The fourth-order valence-corrected chi connectivity index (χ4v) is 3.23. The molecule has 0 aliphatic heterocycles. The molecule has 0 aromatic heterocycles. The van der Waals surface area contributed by atoms with Crippen LogP contribution in [0, 0.1) is 11.3 Å². The van der Waals surface area contributed by atoms with E-state index in [1.54, 1.807) is 6.21 Å². The summed E-state index contributed by atoms with van der Waals surface area (Å²) in [6.07, 6.45) is 12.7. The normalized spacial score (nSPS) is 33.1. The van der Waals surface area contributed by atoms with Crippen LogP contribution in [0.1, 0.15) is 51.4 Å². The lowest BCUT2D eigenvalue weighted by Gasteiger charge is -2.33. The Balaban J connectivity index is 1.94. The van der Waals surface area contributed by atoms with Gasteiger partial charge >= 0.3 is 0 Å². The Morgan fingerprint density at radius 3 is 2.62 bits per heavy atom. The van der Waals surface area contributed by atoms with E-state index in [4.69, 9.17) is 5.21 Å². The van der Waals surface area contributed by atoms with Crippen molar-refractivity contribution in [2.24, 2.45) is 16.5 Å². The van der Waals surface area contributed by atoms with Gasteiger partial charge in [0.1, 0.15) is 0 Å². The molecule has 0 saturated heterocycles. The van der Waals surface area contributed by atoms with Gasteiger partial charge in [-0.2, -0.15) is 0 Å². The van der Waals surface area contributed by atoms with Crippen molar-refractivity contribution < 1.29 is 5.21 Å². The fourth-order valence-electron chi connectivity index (χ4n) is 3.23. The van der Waals surface area contributed by atoms with Crippen LogP contribution < -0.4 is 0 Å². The van der Waals surface area contributed by atoms with Crippen LogP contribution in [0.25, 0.3) is 0 Å². The summed E-state index contributed by atoms with van der Waals surface area (Å²) >= 11 is 0. The third kappa shape index (κ3) is 1.87. The molecule has 1 unspecified atom stereocenters. The smallest absolute Gasteiger partial charge is 0.0467 e. The lowest BCUT2D eigenvalue weighted by atomic mass is 9.72. The van der Waals surface area contributed by atoms with Gasteiger partial charge in [-0.1, -0.05) is 19.3 Å². The van der Waals surface area contributed by atoms with Crippen LogP contribution in [-0.4, -0.2) is 11.4 Å². The SMILES string of the molecule is ON=CC1CCC2(CCCCC2)C1. The molecule has 0 aromatic carbocycles. The zero-order chi connectivity index (χ0) is 9.15. The van der Waals surface area contributed by atoms with E-state index in [0.29, 0.717) is 11.3 Å². The van der Waals surface area contributed by atoms with Crippen molar-refractivity contribution in [1.29, 1.82) is 0 Å². The van der Waals surface area contributed by atoms with Crippen LogP contribution in [0.15, 0.2) is 5.16 Å². The molecule has 2 aliphatic carbocycles. The molecule has 0 bridgehead atoms. The molecule has 0 aromatic rings. The Morgan fingerprint density at radius 1 is 1.15 bits per heavy atom. The number of rotatable bonds is 1. The van der Waals surface area contributed by atoms with Gasteiger partial charge in [-0.25, -0.2) is 0 Å². The van der Waals surface area contributed by atoms with Crippen LogP contribution in [0.5, 0.6) is 0 Å². The molecule has 74 valence electrons. The molecule has 1 N–H and O–H groups in total. The number of nitrogens with zero attached hydrogens (tertiary/aromatic N) is 1. The maximum Gasteiger partial charge on any atom is 0.0467 e. The van der Waals surface area contributed by atoms with Gasteiger partial charge in [0.15, 0.2) is 0 Å². The lowest BCUT2D eigenvalue weighted by molar-refractivity contribution is 0.194. The van der Waals surface area contributed by atoms with Crippen molar-refractivity contribution in [3.8, 4) is 0 Å². The summed E-state index contributed by atoms with van der Waals surface area (Å²) in [6, 6.07) is 0. The second-order valence-electron chi connectivity index (χ2n) is 4.83. The standard InChI is InChI=1S/C11H19NO/c13-12-9-10-4-7-11(8-10)5-2-1-3-6-11/h9-10,13H,1-8H2. The van der Waals surface area contributed by atoms with E-state index in [9.17, 15) is 0 Å². The molecular formula is C11H19NO. The highest BCUT2D eigenvalue weighted by Gasteiger charge is 2.38. The molecule has 2 heteroatoms. The molecule has 2 aliphatic rings. The maximum absolute atomic E-state index is 8.48. The Bertz CT molecular complexity index is 194. The Labute approximate surface area is 80.0 Å². The monoisotopic (exact) mass is 181 g/mol. The number of hydrogen-bond donors (Lipinski definition) is 1. The molecule has 13 heavy (non-hydrogen) atoms. The minimum absolute atomic E-state index is 0.558. The maximum atomic E-state index is 8.48. The number of hydrogen-bond acceptors (Lipinski definition) is 2. The summed E-state index contributed by atoms with van der Waals surface area (Å²) in [7, 11) is 0. The van der Waals surface area contributed by atoms with Gasteiger partial charge < -0.3 is 5.21 Å². The first-order valence-electron chi connectivity index (χ1n) is 5.52. The molecule has 1 atom stereocenters. The average Bonchev–Trinajstić information content (AvgIpc) is 2.51. The summed E-state index contributed by atoms with van der Waals surface area (Å²) < 4.78 is 0. The first-order chi connectivity index (χ1) is 6.35. The minimum Gasteiger partial charge on any atom is -0.411 e. The first kappa shape index (κ1) is 9.04. The van der Waals surface area contributed by atoms with Crippen molar-refractivity contribution in [3.63, 3.8) is 0 Å². The van der Waals surface area contributed by atoms with Crippen molar-refractivity contribution in [2.45, 2.75) is 51.4 Å². The summed E-state index contributed by atoms with van der Waals surface area (Å²) in [4.78, 5) is 0. The quantitative estimate of drug-likeness (QED) is 0.376. The third-order valence-electron chi connectivity index (χ3n) is 3.93. The van der Waals surface area contributed by atoms with E-state index in [1.807, 2.05) is 0 Å². The molecular weight excluding hydrogens is 162 g/mol. The zero-order valence-electron chi connectivity index (χ0n) is 8.21. The minimum atomic E-state index is 0.558. The zero-order valence-corrected chi connectivity index (χ0v) is 8.21. The summed E-state index contributed by atoms with van der Waals surface area (Å²) in [5.74, 6) is 0.558. The van der Waals surface area contributed by atoms with Crippen LogP contribution in [0.3, 0.4) is 0 Å². The van der Waals surface area contributed by atoms with E-state index < -0.39 is 0 Å². The summed E-state index contributed by atoms with van der Waals surface area (Å²) in [5.41, 5.74) is 0.643. The highest BCUT2D eigenvalue weighted by molar-refractivity contribution is 5.60. The first-order valence-corrected chi connectivity index (χ1v) is 5.52. The van der Waals surface area contributed by atoms with E-state index in [2.05, 4.69) is 5.16 Å². The van der Waals surface area contributed by atoms with Gasteiger partial charge in [-0.15, -0.1) is 5.16 Å². The Morgan fingerprint density at radius 2 is 1.92 bits per heavy atom. The van der Waals surface area contributed by atoms with Gasteiger partial charge in [-0.05, 0) is 43.4 Å². The summed E-state index contributed by atoms with van der Waals surface area (Å²) in [6.45, 7) is 0. The largest absolute Gasteiger partial charge is 0.411 e. The van der Waals surface area contributed by atoms with Crippen molar-refractivity contribution >= 4 is 6.21 Å². The molecule has 1 spiro atoms. The van der Waals surface area contributed by atoms with Crippen molar-refractivity contribution in [2.75, 3.05) is 0 Å². The van der Waals surface area contributed by atoms with Gasteiger partial charge in [0, 0.05) is 6.21 Å². The molecule has 2 nitrogen and oxygen atoms in total. The lowest BCUT2D eigenvalue weighted by Crippen LogP contribution is -2.20. The molecule has 2 rings (SSSR count). The molecule has 0 heterocycles. The van der Waals surface area contributed by atoms with Gasteiger partial charge in [-0.3, -0.25) is 0 Å². The van der Waals surface area contributed by atoms with Gasteiger partial charge in [0.05, 0.1) is 0 Å². The van der Waals surface area contributed by atoms with Crippen molar-refractivity contribution in [1.82, 2.24) is 0 Å². The van der Waals surface area contributed by atoms with E-state index in [1.165, 1.54) is 51.4 Å². The molecule has 0 radical (unpaired) electrons. The highest BCUT2D eigenvalue weighted by atomic mass is 16.4. The van der Waals surface area contributed by atoms with E-state index >= 15 is 0 Å². The van der Waals surface area contributed by atoms with E-state index in [-0.39, 0.29) is 0 Å². The second-order valence-corrected chi connectivity index (χ2v) is 4.83. The third-order valence-corrected chi connectivity index (χ3v) is 3.93. The predicted molar refractivity (Wildman–Crippen MR) is 53.1 cm³/mol. The van der Waals surface area contributed by atoms with Crippen LogP contribution in [-0.2, 0) is 0 Å². The highest BCUT2D eigenvalue weighted by Crippen LogP contribution is 2.50. The second kappa shape index (κ2) is 3.69. The van der Waals surface area contributed by atoms with Crippen LogP contribution >= 0.6 is 0 Å². The predicted octanol–water partition coefficient (Wildman–Crippen LogP) is 3.20. The molecule has 2 fully saturated rings.